The summed E-state index contributed by atoms with van der Waals surface area (Å²) in [7, 11) is 1.62. The Kier molecular flexibility index (Phi) is 3.50. The van der Waals surface area contributed by atoms with E-state index >= 15 is 0 Å². The summed E-state index contributed by atoms with van der Waals surface area (Å²) in [5.41, 5.74) is 0. The highest BCUT2D eigenvalue weighted by Gasteiger charge is 2.34. The second kappa shape index (κ2) is 4.21. The third-order valence-corrected chi connectivity index (χ3v) is 2.19. The first-order chi connectivity index (χ1) is 5.63. The molecule has 3 heteroatoms. The topological polar surface area (TPSA) is 38.7 Å². The molecule has 12 heavy (non-hydrogen) atoms. The first-order valence-electron chi connectivity index (χ1n) is 4.49. The third kappa shape index (κ3) is 2.44. The quantitative estimate of drug-likeness (QED) is 0.702. The monoisotopic (exact) mass is 174 g/mol. The van der Waals surface area contributed by atoms with Gasteiger partial charge in [-0.15, -0.1) is 0 Å². The molecule has 0 aliphatic carbocycles. The standard InChI is InChI=1S/C9H18O3/c1-6(2)4-7-5-8(10)12-9(7)11-3/h6-10H,4-5H2,1-3H3. The summed E-state index contributed by atoms with van der Waals surface area (Å²) in [4.78, 5) is 0. The van der Waals surface area contributed by atoms with Gasteiger partial charge in [0.05, 0.1) is 0 Å². The Morgan fingerprint density at radius 2 is 2.25 bits per heavy atom. The van der Waals surface area contributed by atoms with Gasteiger partial charge in [-0.05, 0) is 12.3 Å². The van der Waals surface area contributed by atoms with Gasteiger partial charge in [0, 0.05) is 19.4 Å². The van der Waals surface area contributed by atoms with Gasteiger partial charge in [-0.2, -0.15) is 0 Å². The second-order valence-corrected chi connectivity index (χ2v) is 3.82. The highest BCUT2D eigenvalue weighted by Crippen LogP contribution is 2.30. The Morgan fingerprint density at radius 3 is 2.75 bits per heavy atom. The first kappa shape index (κ1) is 9.96. The van der Waals surface area contributed by atoms with E-state index < -0.39 is 6.29 Å². The van der Waals surface area contributed by atoms with Gasteiger partial charge >= 0.3 is 0 Å². The number of rotatable bonds is 3. The molecule has 1 fully saturated rings. The highest BCUT2D eigenvalue weighted by molar-refractivity contribution is 4.72. The molecule has 3 nitrogen and oxygen atoms in total. The van der Waals surface area contributed by atoms with Gasteiger partial charge in [-0.3, -0.25) is 0 Å². The molecule has 1 aliphatic rings. The molecule has 1 saturated heterocycles. The van der Waals surface area contributed by atoms with Crippen molar-refractivity contribution in [1.29, 1.82) is 0 Å². The van der Waals surface area contributed by atoms with Gasteiger partial charge in [0.25, 0.3) is 0 Å². The molecule has 0 radical (unpaired) electrons. The van der Waals surface area contributed by atoms with Crippen LogP contribution in [0.25, 0.3) is 0 Å². The molecule has 3 unspecified atom stereocenters. The molecule has 0 aromatic rings. The van der Waals surface area contributed by atoms with Crippen LogP contribution in [0.15, 0.2) is 0 Å². The summed E-state index contributed by atoms with van der Waals surface area (Å²) < 4.78 is 10.3. The predicted molar refractivity (Wildman–Crippen MR) is 45.5 cm³/mol. The van der Waals surface area contributed by atoms with Crippen molar-refractivity contribution in [3.05, 3.63) is 0 Å². The summed E-state index contributed by atoms with van der Waals surface area (Å²) >= 11 is 0. The molecule has 0 spiro atoms. The normalized spacial score (nSPS) is 36.2. The fourth-order valence-corrected chi connectivity index (χ4v) is 1.75. The van der Waals surface area contributed by atoms with E-state index in [0.29, 0.717) is 18.3 Å². The summed E-state index contributed by atoms with van der Waals surface area (Å²) in [6.45, 7) is 4.33. The van der Waals surface area contributed by atoms with Gasteiger partial charge in [-0.1, -0.05) is 13.8 Å². The van der Waals surface area contributed by atoms with Crippen molar-refractivity contribution < 1.29 is 14.6 Å². The number of ether oxygens (including phenoxy) is 2. The SMILES string of the molecule is COC1OC(O)CC1CC(C)C. The number of aliphatic hydroxyl groups excluding tert-OH is 1. The molecule has 1 heterocycles. The van der Waals surface area contributed by atoms with E-state index in [-0.39, 0.29) is 6.29 Å². The van der Waals surface area contributed by atoms with E-state index in [1.807, 2.05) is 0 Å². The minimum Gasteiger partial charge on any atom is -0.368 e. The molecular formula is C9H18O3. The van der Waals surface area contributed by atoms with Gasteiger partial charge in [0.15, 0.2) is 12.6 Å². The van der Waals surface area contributed by atoms with Crippen molar-refractivity contribution in [2.24, 2.45) is 11.8 Å². The van der Waals surface area contributed by atoms with Gasteiger partial charge in [-0.25, -0.2) is 0 Å². The fourth-order valence-electron chi connectivity index (χ4n) is 1.75. The predicted octanol–water partition coefficient (Wildman–Crippen LogP) is 1.36. The smallest absolute Gasteiger partial charge is 0.163 e. The van der Waals surface area contributed by atoms with Crippen LogP contribution in [0.2, 0.25) is 0 Å². The lowest BCUT2D eigenvalue weighted by Gasteiger charge is -2.17. The molecule has 0 aromatic carbocycles. The lowest BCUT2D eigenvalue weighted by molar-refractivity contribution is -0.183. The minimum atomic E-state index is -0.626. The number of methoxy groups -OCH3 is 1. The molecule has 1 rings (SSSR count). The summed E-state index contributed by atoms with van der Waals surface area (Å²) in [6.07, 6.45) is 0.924. The van der Waals surface area contributed by atoms with Crippen LogP contribution in [0.1, 0.15) is 26.7 Å². The molecule has 0 saturated carbocycles. The van der Waals surface area contributed by atoms with Crippen molar-refractivity contribution >= 4 is 0 Å². The zero-order chi connectivity index (χ0) is 9.14. The van der Waals surface area contributed by atoms with Crippen molar-refractivity contribution in [3.63, 3.8) is 0 Å². The Labute approximate surface area is 73.7 Å². The van der Waals surface area contributed by atoms with Gasteiger partial charge in [0.1, 0.15) is 0 Å². The molecule has 3 atom stereocenters. The van der Waals surface area contributed by atoms with E-state index in [1.54, 1.807) is 7.11 Å². The Hall–Kier alpha value is -0.120. The van der Waals surface area contributed by atoms with Crippen molar-refractivity contribution in [1.82, 2.24) is 0 Å². The van der Waals surface area contributed by atoms with Crippen molar-refractivity contribution in [2.75, 3.05) is 7.11 Å². The average molecular weight is 174 g/mol. The molecule has 0 aromatic heterocycles. The van der Waals surface area contributed by atoms with Crippen LogP contribution in [0.4, 0.5) is 0 Å². The summed E-state index contributed by atoms with van der Waals surface area (Å²) in [5.74, 6) is 0.978. The van der Waals surface area contributed by atoms with Crippen molar-refractivity contribution in [3.8, 4) is 0 Å². The highest BCUT2D eigenvalue weighted by atomic mass is 16.7. The Morgan fingerprint density at radius 1 is 1.58 bits per heavy atom. The number of hydrogen-bond donors (Lipinski definition) is 1. The van der Waals surface area contributed by atoms with Crippen LogP contribution in [-0.2, 0) is 9.47 Å². The minimum absolute atomic E-state index is 0.206. The molecule has 1 N–H and O–H groups in total. The average Bonchev–Trinajstić information content (AvgIpc) is 2.29. The molecule has 72 valence electrons. The lowest BCUT2D eigenvalue weighted by atomic mass is 9.95. The molecule has 0 bridgehead atoms. The van der Waals surface area contributed by atoms with E-state index in [0.717, 1.165) is 6.42 Å². The maximum Gasteiger partial charge on any atom is 0.163 e. The van der Waals surface area contributed by atoms with Crippen LogP contribution in [0, 0.1) is 11.8 Å². The van der Waals surface area contributed by atoms with Crippen LogP contribution in [-0.4, -0.2) is 24.8 Å². The third-order valence-electron chi connectivity index (χ3n) is 2.19. The second-order valence-electron chi connectivity index (χ2n) is 3.82. The molecule has 1 aliphatic heterocycles. The van der Waals surface area contributed by atoms with Gasteiger partial charge < -0.3 is 14.6 Å². The summed E-state index contributed by atoms with van der Waals surface area (Å²) in [6, 6.07) is 0. The largest absolute Gasteiger partial charge is 0.368 e. The van der Waals surface area contributed by atoms with E-state index in [2.05, 4.69) is 13.8 Å². The van der Waals surface area contributed by atoms with E-state index in [9.17, 15) is 5.11 Å². The summed E-state index contributed by atoms with van der Waals surface area (Å²) in [5, 5.41) is 9.21. The Balaban J connectivity index is 2.40. The van der Waals surface area contributed by atoms with Crippen LogP contribution >= 0.6 is 0 Å². The van der Waals surface area contributed by atoms with E-state index in [4.69, 9.17) is 9.47 Å². The first-order valence-corrected chi connectivity index (χ1v) is 4.49. The number of hydrogen-bond acceptors (Lipinski definition) is 3. The van der Waals surface area contributed by atoms with E-state index in [1.165, 1.54) is 0 Å². The maximum atomic E-state index is 9.21. The zero-order valence-electron chi connectivity index (χ0n) is 7.99. The fraction of sp³-hybridized carbons (Fsp3) is 1.00. The van der Waals surface area contributed by atoms with Crippen LogP contribution < -0.4 is 0 Å². The van der Waals surface area contributed by atoms with Crippen molar-refractivity contribution in [2.45, 2.75) is 39.3 Å². The number of aliphatic hydroxyl groups is 1. The van der Waals surface area contributed by atoms with Crippen LogP contribution in [0.3, 0.4) is 0 Å². The zero-order valence-corrected chi connectivity index (χ0v) is 7.99. The Bertz CT molecular complexity index is 136. The maximum absolute atomic E-state index is 9.21. The molecular weight excluding hydrogens is 156 g/mol. The lowest BCUT2D eigenvalue weighted by Crippen LogP contribution is -2.19. The van der Waals surface area contributed by atoms with Crippen LogP contribution in [0.5, 0.6) is 0 Å². The van der Waals surface area contributed by atoms with Gasteiger partial charge in [0.2, 0.25) is 0 Å². The molecule has 0 amide bonds.